The van der Waals surface area contributed by atoms with Crippen LogP contribution in [0, 0.1) is 5.92 Å². The lowest BCUT2D eigenvalue weighted by atomic mass is 9.73. The molecule has 0 amide bonds. The van der Waals surface area contributed by atoms with Crippen molar-refractivity contribution in [1.82, 2.24) is 14.8 Å². The van der Waals surface area contributed by atoms with Gasteiger partial charge in [-0.2, -0.15) is 0 Å². The third kappa shape index (κ3) is 2.63. The molecule has 3 fully saturated rings. The number of likely N-dealkylation sites (tertiary alicyclic amines) is 2. The highest BCUT2D eigenvalue weighted by Gasteiger charge is 2.51. The van der Waals surface area contributed by atoms with Crippen LogP contribution in [0.25, 0.3) is 0 Å². The third-order valence-electron chi connectivity index (χ3n) is 6.04. The zero-order valence-electron chi connectivity index (χ0n) is 13.6. The van der Waals surface area contributed by atoms with E-state index in [0.717, 1.165) is 18.5 Å². The maximum absolute atomic E-state index is 5.91. The van der Waals surface area contributed by atoms with Crippen LogP contribution in [-0.4, -0.2) is 59.7 Å². The third-order valence-corrected chi connectivity index (χ3v) is 6.04. The first kappa shape index (κ1) is 14.5. The zero-order chi connectivity index (χ0) is 15.0. The lowest BCUT2D eigenvalue weighted by Crippen LogP contribution is -2.73. The van der Waals surface area contributed by atoms with Gasteiger partial charge in [0.15, 0.2) is 0 Å². The van der Waals surface area contributed by atoms with Gasteiger partial charge in [-0.3, -0.25) is 9.80 Å². The second kappa shape index (κ2) is 5.82. The van der Waals surface area contributed by atoms with E-state index in [2.05, 4.69) is 21.8 Å². The number of rotatable bonds is 4. The minimum atomic E-state index is 0.423. The summed E-state index contributed by atoms with van der Waals surface area (Å²) in [5.41, 5.74) is 0.423. The van der Waals surface area contributed by atoms with E-state index in [-0.39, 0.29) is 0 Å². The van der Waals surface area contributed by atoms with Crippen LogP contribution in [0.3, 0.4) is 0 Å². The maximum Gasteiger partial charge on any atom is 0.213 e. The fourth-order valence-corrected chi connectivity index (χ4v) is 4.28. The minimum Gasteiger partial charge on any atom is -0.477 e. The van der Waals surface area contributed by atoms with Gasteiger partial charge in [0.2, 0.25) is 5.88 Å². The molecule has 120 valence electrons. The van der Waals surface area contributed by atoms with Gasteiger partial charge in [-0.15, -0.1) is 0 Å². The Hall–Kier alpha value is -1.13. The van der Waals surface area contributed by atoms with Crippen molar-refractivity contribution in [3.05, 3.63) is 24.4 Å². The van der Waals surface area contributed by atoms with Crippen LogP contribution in [-0.2, 0) is 0 Å². The van der Waals surface area contributed by atoms with E-state index >= 15 is 0 Å². The Morgan fingerprint density at radius 2 is 2.14 bits per heavy atom. The van der Waals surface area contributed by atoms with Gasteiger partial charge in [-0.1, -0.05) is 12.5 Å². The van der Waals surface area contributed by atoms with E-state index in [9.17, 15) is 0 Å². The molecular formula is C18H27N3O. The van der Waals surface area contributed by atoms with E-state index < -0.39 is 0 Å². The summed E-state index contributed by atoms with van der Waals surface area (Å²) in [6.07, 6.45) is 8.60. The van der Waals surface area contributed by atoms with Gasteiger partial charge in [-0.25, -0.2) is 4.98 Å². The summed E-state index contributed by atoms with van der Waals surface area (Å²) >= 11 is 0. The molecule has 4 rings (SSSR count). The average Bonchev–Trinajstić information content (AvgIpc) is 2.45. The molecule has 1 spiro atoms. The van der Waals surface area contributed by atoms with Crippen molar-refractivity contribution in [3.8, 4) is 5.88 Å². The number of piperidine rings is 1. The molecule has 0 unspecified atom stereocenters. The molecule has 3 aliphatic rings. The largest absolute Gasteiger partial charge is 0.477 e. The second-order valence-electron chi connectivity index (χ2n) is 7.47. The van der Waals surface area contributed by atoms with Crippen LogP contribution in [0.4, 0.5) is 0 Å². The van der Waals surface area contributed by atoms with E-state index in [1.165, 1.54) is 51.7 Å². The van der Waals surface area contributed by atoms with Crippen molar-refractivity contribution in [2.45, 2.75) is 43.7 Å². The van der Waals surface area contributed by atoms with Gasteiger partial charge in [0, 0.05) is 36.9 Å². The van der Waals surface area contributed by atoms with Gasteiger partial charge in [0.1, 0.15) is 0 Å². The van der Waals surface area contributed by atoms with Crippen LogP contribution in [0.15, 0.2) is 24.4 Å². The number of pyridine rings is 1. The smallest absolute Gasteiger partial charge is 0.213 e. The van der Waals surface area contributed by atoms with Crippen molar-refractivity contribution in [3.63, 3.8) is 0 Å². The van der Waals surface area contributed by atoms with Gasteiger partial charge in [0.25, 0.3) is 0 Å². The summed E-state index contributed by atoms with van der Waals surface area (Å²) in [4.78, 5) is 9.58. The molecule has 22 heavy (non-hydrogen) atoms. The fraction of sp³-hybridized carbons (Fsp3) is 0.722. The van der Waals surface area contributed by atoms with Crippen LogP contribution >= 0.6 is 0 Å². The van der Waals surface area contributed by atoms with Crippen LogP contribution < -0.4 is 4.74 Å². The topological polar surface area (TPSA) is 28.6 Å². The average molecular weight is 301 g/mol. The Bertz CT molecular complexity index is 496. The van der Waals surface area contributed by atoms with Crippen molar-refractivity contribution < 1.29 is 4.74 Å². The molecule has 1 saturated carbocycles. The second-order valence-corrected chi connectivity index (χ2v) is 7.47. The summed E-state index contributed by atoms with van der Waals surface area (Å²) in [5.74, 6) is 1.43. The van der Waals surface area contributed by atoms with Crippen molar-refractivity contribution in [2.24, 2.45) is 5.92 Å². The quantitative estimate of drug-likeness (QED) is 0.854. The Kier molecular flexibility index (Phi) is 3.82. The maximum atomic E-state index is 5.91. The Morgan fingerprint density at radius 1 is 1.27 bits per heavy atom. The molecule has 1 aromatic heterocycles. The molecule has 0 bridgehead atoms. The van der Waals surface area contributed by atoms with E-state index in [0.29, 0.717) is 11.5 Å². The normalized spacial score (nSPS) is 29.0. The molecule has 2 aliphatic heterocycles. The fourth-order valence-electron chi connectivity index (χ4n) is 4.28. The monoisotopic (exact) mass is 301 g/mol. The minimum absolute atomic E-state index is 0.423. The zero-order valence-corrected chi connectivity index (χ0v) is 13.6. The molecule has 4 nitrogen and oxygen atoms in total. The highest BCUT2D eigenvalue weighted by molar-refractivity contribution is 5.11. The first-order chi connectivity index (χ1) is 10.8. The van der Waals surface area contributed by atoms with Crippen molar-refractivity contribution in [1.29, 1.82) is 0 Å². The summed E-state index contributed by atoms with van der Waals surface area (Å²) in [6.45, 7) is 4.56. The number of aromatic nitrogens is 1. The first-order valence-corrected chi connectivity index (χ1v) is 8.74. The molecule has 3 heterocycles. The standard InChI is InChI=1S/C18H27N3O/c1-20-10-8-15(12-22-17-7-2-3-9-19-17)11-18(20)13-21(14-18)16-5-4-6-16/h2-3,7,9,15-16H,4-6,8,10-14H2,1H3/t15-/m1/s1. The molecule has 1 atom stereocenters. The van der Waals surface area contributed by atoms with Crippen LogP contribution in [0.2, 0.25) is 0 Å². The molecule has 0 N–H and O–H groups in total. The van der Waals surface area contributed by atoms with Crippen molar-refractivity contribution in [2.75, 3.05) is 33.3 Å². The highest BCUT2D eigenvalue weighted by Crippen LogP contribution is 2.42. The highest BCUT2D eigenvalue weighted by atomic mass is 16.5. The Morgan fingerprint density at radius 3 is 2.82 bits per heavy atom. The van der Waals surface area contributed by atoms with Crippen molar-refractivity contribution >= 4 is 0 Å². The van der Waals surface area contributed by atoms with Gasteiger partial charge in [-0.05, 0) is 51.3 Å². The molecule has 4 heteroatoms. The summed E-state index contributed by atoms with van der Waals surface area (Å²) in [7, 11) is 2.31. The van der Waals surface area contributed by atoms with E-state index in [1.54, 1.807) is 6.20 Å². The Labute approximate surface area is 133 Å². The molecule has 0 aromatic carbocycles. The predicted octanol–water partition coefficient (Wildman–Crippen LogP) is 2.41. The number of hydrogen-bond acceptors (Lipinski definition) is 4. The lowest BCUT2D eigenvalue weighted by Gasteiger charge is -2.61. The number of ether oxygens (including phenoxy) is 1. The number of nitrogens with zero attached hydrogens (tertiary/aromatic N) is 3. The van der Waals surface area contributed by atoms with E-state index in [4.69, 9.17) is 4.74 Å². The number of likely N-dealkylation sites (N-methyl/N-ethyl adjacent to an activating group) is 1. The summed E-state index contributed by atoms with van der Waals surface area (Å²) < 4.78 is 5.91. The summed E-state index contributed by atoms with van der Waals surface area (Å²) in [6, 6.07) is 6.76. The SMILES string of the molecule is CN1CC[C@@H](COc2ccccn2)CC12CN(C1CCC1)C2. The van der Waals surface area contributed by atoms with Gasteiger partial charge < -0.3 is 4.74 Å². The molecule has 2 saturated heterocycles. The van der Waals surface area contributed by atoms with Crippen LogP contribution in [0.1, 0.15) is 32.1 Å². The van der Waals surface area contributed by atoms with Crippen LogP contribution in [0.5, 0.6) is 5.88 Å². The van der Waals surface area contributed by atoms with E-state index in [1.807, 2.05) is 18.2 Å². The Balaban J connectivity index is 1.32. The molecule has 1 aliphatic carbocycles. The lowest BCUT2D eigenvalue weighted by molar-refractivity contribution is -0.112. The van der Waals surface area contributed by atoms with Gasteiger partial charge in [0.05, 0.1) is 6.61 Å². The molecule has 0 radical (unpaired) electrons. The summed E-state index contributed by atoms with van der Waals surface area (Å²) in [5, 5.41) is 0. The number of hydrogen-bond donors (Lipinski definition) is 0. The first-order valence-electron chi connectivity index (χ1n) is 8.74. The molecular weight excluding hydrogens is 274 g/mol. The predicted molar refractivity (Wildman–Crippen MR) is 87.0 cm³/mol. The van der Waals surface area contributed by atoms with Gasteiger partial charge >= 0.3 is 0 Å². The molecule has 1 aromatic rings.